The summed E-state index contributed by atoms with van der Waals surface area (Å²) in [6.07, 6.45) is 0. The van der Waals surface area contributed by atoms with E-state index in [1.807, 2.05) is 25.1 Å². The number of aryl methyl sites for hydroxylation is 1. The zero-order valence-corrected chi connectivity index (χ0v) is 12.4. The van der Waals surface area contributed by atoms with E-state index in [2.05, 4.69) is 48.0 Å². The van der Waals surface area contributed by atoms with E-state index >= 15 is 0 Å². The van der Waals surface area contributed by atoms with Gasteiger partial charge in [0.25, 0.3) is 0 Å². The molecule has 0 aliphatic rings. The SMILES string of the molecule is Cc1nc(Cl)ccc1N(Cc1ccccc1)C(C)C. The van der Waals surface area contributed by atoms with Gasteiger partial charge < -0.3 is 4.90 Å². The summed E-state index contributed by atoms with van der Waals surface area (Å²) >= 11 is 5.93. The Morgan fingerprint density at radius 2 is 1.79 bits per heavy atom. The maximum atomic E-state index is 5.93. The van der Waals surface area contributed by atoms with Crippen LogP contribution >= 0.6 is 11.6 Å². The Kier molecular flexibility index (Phi) is 4.43. The maximum absolute atomic E-state index is 5.93. The van der Waals surface area contributed by atoms with Crippen molar-refractivity contribution >= 4 is 17.3 Å². The molecule has 0 spiro atoms. The molecule has 1 heterocycles. The van der Waals surface area contributed by atoms with Crippen LogP contribution in [0.5, 0.6) is 0 Å². The molecule has 0 N–H and O–H groups in total. The molecule has 2 nitrogen and oxygen atoms in total. The lowest BCUT2D eigenvalue weighted by Gasteiger charge is -2.30. The summed E-state index contributed by atoms with van der Waals surface area (Å²) in [5, 5.41) is 0.546. The van der Waals surface area contributed by atoms with Crippen molar-refractivity contribution in [2.75, 3.05) is 4.90 Å². The molecule has 0 fully saturated rings. The minimum atomic E-state index is 0.405. The first kappa shape index (κ1) is 13.9. The molecule has 19 heavy (non-hydrogen) atoms. The number of pyridine rings is 1. The van der Waals surface area contributed by atoms with Gasteiger partial charge in [0.1, 0.15) is 5.15 Å². The molecule has 0 bridgehead atoms. The first-order chi connectivity index (χ1) is 9.08. The number of rotatable bonds is 4. The van der Waals surface area contributed by atoms with Crippen LogP contribution in [0.25, 0.3) is 0 Å². The molecule has 0 aliphatic heterocycles. The maximum Gasteiger partial charge on any atom is 0.129 e. The Balaban J connectivity index is 2.30. The van der Waals surface area contributed by atoms with Crippen molar-refractivity contribution in [3.63, 3.8) is 0 Å². The van der Waals surface area contributed by atoms with Crippen LogP contribution in [0.4, 0.5) is 5.69 Å². The van der Waals surface area contributed by atoms with Crippen LogP contribution in [-0.2, 0) is 6.54 Å². The number of halogens is 1. The fraction of sp³-hybridized carbons (Fsp3) is 0.312. The highest BCUT2D eigenvalue weighted by Gasteiger charge is 2.14. The van der Waals surface area contributed by atoms with Gasteiger partial charge in [0, 0.05) is 12.6 Å². The van der Waals surface area contributed by atoms with Crippen LogP contribution in [0.3, 0.4) is 0 Å². The van der Waals surface area contributed by atoms with Gasteiger partial charge in [-0.2, -0.15) is 0 Å². The van der Waals surface area contributed by atoms with E-state index in [0.29, 0.717) is 11.2 Å². The van der Waals surface area contributed by atoms with Gasteiger partial charge >= 0.3 is 0 Å². The number of anilines is 1. The molecule has 0 saturated carbocycles. The van der Waals surface area contributed by atoms with Gasteiger partial charge in [-0.1, -0.05) is 41.9 Å². The Morgan fingerprint density at radius 1 is 1.11 bits per heavy atom. The van der Waals surface area contributed by atoms with Gasteiger partial charge in [0.05, 0.1) is 11.4 Å². The predicted octanol–water partition coefficient (Wildman–Crippen LogP) is 4.46. The number of nitrogens with zero attached hydrogens (tertiary/aromatic N) is 2. The molecule has 0 saturated heterocycles. The molecular weight excluding hydrogens is 256 g/mol. The van der Waals surface area contributed by atoms with Crippen molar-refractivity contribution in [3.05, 3.63) is 58.9 Å². The lowest BCUT2D eigenvalue weighted by Crippen LogP contribution is -2.30. The molecule has 1 aromatic heterocycles. The van der Waals surface area contributed by atoms with E-state index in [-0.39, 0.29) is 0 Å². The van der Waals surface area contributed by atoms with Crippen molar-refractivity contribution in [2.24, 2.45) is 0 Å². The van der Waals surface area contributed by atoms with Crippen LogP contribution in [-0.4, -0.2) is 11.0 Å². The summed E-state index contributed by atoms with van der Waals surface area (Å²) in [5.74, 6) is 0. The summed E-state index contributed by atoms with van der Waals surface area (Å²) in [5.41, 5.74) is 3.41. The molecule has 0 aliphatic carbocycles. The van der Waals surface area contributed by atoms with E-state index in [1.54, 1.807) is 0 Å². The molecule has 0 amide bonds. The average molecular weight is 275 g/mol. The second-order valence-corrected chi connectivity index (χ2v) is 5.33. The number of aromatic nitrogens is 1. The first-order valence-electron chi connectivity index (χ1n) is 6.51. The van der Waals surface area contributed by atoms with E-state index in [4.69, 9.17) is 11.6 Å². The van der Waals surface area contributed by atoms with Crippen molar-refractivity contribution in [1.29, 1.82) is 0 Å². The van der Waals surface area contributed by atoms with Crippen molar-refractivity contribution in [2.45, 2.75) is 33.4 Å². The molecule has 2 aromatic rings. The number of hydrogen-bond acceptors (Lipinski definition) is 2. The Bertz CT molecular complexity index is 538. The quantitative estimate of drug-likeness (QED) is 0.766. The third kappa shape index (κ3) is 3.48. The molecule has 0 atom stereocenters. The predicted molar refractivity (Wildman–Crippen MR) is 81.7 cm³/mol. The summed E-state index contributed by atoms with van der Waals surface area (Å²) in [7, 11) is 0. The summed E-state index contributed by atoms with van der Waals surface area (Å²) in [4.78, 5) is 6.68. The van der Waals surface area contributed by atoms with Crippen LogP contribution in [0.2, 0.25) is 5.15 Å². The van der Waals surface area contributed by atoms with Crippen molar-refractivity contribution in [1.82, 2.24) is 4.98 Å². The van der Waals surface area contributed by atoms with Crippen LogP contribution in [0.15, 0.2) is 42.5 Å². The number of benzene rings is 1. The molecule has 3 heteroatoms. The van der Waals surface area contributed by atoms with E-state index in [1.165, 1.54) is 5.56 Å². The Labute approximate surface area is 120 Å². The highest BCUT2D eigenvalue weighted by Crippen LogP contribution is 2.24. The largest absolute Gasteiger partial charge is 0.363 e. The molecule has 1 aromatic carbocycles. The fourth-order valence-corrected chi connectivity index (χ4v) is 2.34. The van der Waals surface area contributed by atoms with E-state index in [9.17, 15) is 0 Å². The highest BCUT2D eigenvalue weighted by molar-refractivity contribution is 6.29. The van der Waals surface area contributed by atoms with E-state index in [0.717, 1.165) is 17.9 Å². The summed E-state index contributed by atoms with van der Waals surface area (Å²) in [6.45, 7) is 7.26. The lowest BCUT2D eigenvalue weighted by molar-refractivity contribution is 0.678. The molecule has 0 unspecified atom stereocenters. The van der Waals surface area contributed by atoms with Crippen molar-refractivity contribution < 1.29 is 0 Å². The normalized spacial score (nSPS) is 10.8. The van der Waals surface area contributed by atoms with Gasteiger partial charge in [-0.15, -0.1) is 0 Å². The topological polar surface area (TPSA) is 16.1 Å². The monoisotopic (exact) mass is 274 g/mol. The van der Waals surface area contributed by atoms with Gasteiger partial charge in [-0.05, 0) is 38.5 Å². The Morgan fingerprint density at radius 3 is 2.37 bits per heavy atom. The van der Waals surface area contributed by atoms with Gasteiger partial charge in [0.15, 0.2) is 0 Å². The van der Waals surface area contributed by atoms with E-state index < -0.39 is 0 Å². The second kappa shape index (κ2) is 6.07. The average Bonchev–Trinajstić information content (AvgIpc) is 2.38. The van der Waals surface area contributed by atoms with Crippen LogP contribution in [0, 0.1) is 6.92 Å². The minimum Gasteiger partial charge on any atom is -0.363 e. The third-order valence-corrected chi connectivity index (χ3v) is 3.36. The fourth-order valence-electron chi connectivity index (χ4n) is 2.15. The minimum absolute atomic E-state index is 0.405. The van der Waals surface area contributed by atoms with Crippen LogP contribution in [0.1, 0.15) is 25.1 Å². The zero-order valence-electron chi connectivity index (χ0n) is 11.6. The second-order valence-electron chi connectivity index (χ2n) is 4.95. The number of hydrogen-bond donors (Lipinski definition) is 0. The Hall–Kier alpha value is -1.54. The standard InChI is InChI=1S/C16H19ClN2/c1-12(2)19(11-14-7-5-4-6-8-14)15-9-10-16(17)18-13(15)3/h4-10,12H,11H2,1-3H3. The molecule has 100 valence electrons. The zero-order chi connectivity index (χ0) is 13.8. The molecular formula is C16H19ClN2. The first-order valence-corrected chi connectivity index (χ1v) is 6.89. The lowest BCUT2D eigenvalue weighted by atomic mass is 10.1. The van der Waals surface area contributed by atoms with Gasteiger partial charge in [0.2, 0.25) is 0 Å². The third-order valence-electron chi connectivity index (χ3n) is 3.15. The molecule has 2 rings (SSSR count). The molecule has 0 radical (unpaired) electrons. The van der Waals surface area contributed by atoms with Gasteiger partial charge in [-0.25, -0.2) is 4.98 Å². The van der Waals surface area contributed by atoms with Crippen molar-refractivity contribution in [3.8, 4) is 0 Å². The summed E-state index contributed by atoms with van der Waals surface area (Å²) in [6, 6.07) is 14.8. The highest BCUT2D eigenvalue weighted by atomic mass is 35.5. The van der Waals surface area contributed by atoms with Gasteiger partial charge in [-0.3, -0.25) is 0 Å². The smallest absolute Gasteiger partial charge is 0.129 e. The van der Waals surface area contributed by atoms with Crippen LogP contribution < -0.4 is 4.90 Å². The summed E-state index contributed by atoms with van der Waals surface area (Å²) < 4.78 is 0.